The number of hydrogen-bond acceptors (Lipinski definition) is 10. The molecule has 0 fully saturated rings. The zero-order valence-electron chi connectivity index (χ0n) is 73.0. The van der Waals surface area contributed by atoms with Crippen LogP contribution >= 0.6 is 23.5 Å². The quantitative estimate of drug-likeness (QED) is 0.0295. The van der Waals surface area contributed by atoms with Crippen LogP contribution in [0, 0.1) is 24.5 Å². The van der Waals surface area contributed by atoms with Gasteiger partial charge in [-0.05, 0) is 169 Å². The highest BCUT2D eigenvalue weighted by Crippen LogP contribution is 2.35. The van der Waals surface area contributed by atoms with Crippen LogP contribution in [0.15, 0.2) is 159 Å². The first-order valence-electron chi connectivity index (χ1n) is 40.1. The fourth-order valence-electron chi connectivity index (χ4n) is 10.4. The minimum Gasteiger partial charge on any atom is -0.336 e. The third-order valence-electron chi connectivity index (χ3n) is 15.6. The summed E-state index contributed by atoms with van der Waals surface area (Å²) in [6.07, 6.45) is -14.0. The summed E-state index contributed by atoms with van der Waals surface area (Å²) in [6.45, 7) is -5.01. The van der Waals surface area contributed by atoms with E-state index in [9.17, 15) is 54.3 Å². The molecule has 0 spiro atoms. The Bertz CT molecular complexity index is 5060. The van der Waals surface area contributed by atoms with Crippen molar-refractivity contribution in [3.05, 3.63) is 233 Å². The zero-order chi connectivity index (χ0) is 86.6. The van der Waals surface area contributed by atoms with E-state index in [4.69, 9.17) is 27.4 Å². The monoisotopic (exact) mass is 1380 g/mol. The molecule has 2 aliphatic carbocycles. The van der Waals surface area contributed by atoms with Gasteiger partial charge in [0.25, 0.3) is 11.1 Å². The number of fused-ring (bicyclic) bond motifs is 2. The molecule has 0 radical (unpaired) electrons. The first kappa shape index (κ1) is 49.6. The van der Waals surface area contributed by atoms with Crippen LogP contribution in [0.4, 0.5) is 35.1 Å². The number of aromatic nitrogens is 4. The van der Waals surface area contributed by atoms with Crippen LogP contribution in [0.25, 0.3) is 22.3 Å². The van der Waals surface area contributed by atoms with Gasteiger partial charge in [-0.25, -0.2) is 8.78 Å². The lowest BCUT2D eigenvalue weighted by Gasteiger charge is -2.28. The maximum atomic E-state index is 14.5. The van der Waals surface area contributed by atoms with E-state index in [0.717, 1.165) is 84.6 Å². The number of carbonyl (C=O) groups is 2. The molecule has 96 heavy (non-hydrogen) atoms. The summed E-state index contributed by atoms with van der Waals surface area (Å²) in [6, 6.07) is 14.9. The fourth-order valence-corrected chi connectivity index (χ4v) is 12.3. The molecule has 0 bridgehead atoms. The number of thioether (sulfide) groups is 2. The molecule has 2 amide bonds. The van der Waals surface area contributed by atoms with Gasteiger partial charge in [0.15, 0.2) is 10.3 Å². The summed E-state index contributed by atoms with van der Waals surface area (Å²) < 4.78 is 280. The smallest absolute Gasteiger partial charge is 0.336 e. The van der Waals surface area contributed by atoms with Gasteiger partial charge in [-0.2, -0.15) is 36.3 Å². The number of likely N-dealkylation sites (N-methyl/N-ethyl adjacent to an activating group) is 2. The average molecular weight is 1380 g/mol. The van der Waals surface area contributed by atoms with Gasteiger partial charge in [0.05, 0.1) is 20.7 Å². The molecule has 8 aromatic rings. The topological polar surface area (TPSA) is 117 Å². The largest absolute Gasteiger partial charge is 0.416 e. The van der Waals surface area contributed by atoms with Crippen molar-refractivity contribution in [1.82, 2.24) is 38.7 Å². The number of alkyl halides is 6. The van der Waals surface area contributed by atoms with Crippen LogP contribution in [0.1, 0.15) is 130 Å². The van der Waals surface area contributed by atoms with Crippen molar-refractivity contribution in [1.29, 1.82) is 0 Å². The Morgan fingerprint density at radius 1 is 0.573 bits per heavy atom. The second kappa shape index (κ2) is 32.9. The molecule has 0 saturated heterocycles. The van der Waals surface area contributed by atoms with Gasteiger partial charge in [-0.15, -0.1) is 0 Å². The zero-order valence-corrected chi connectivity index (χ0v) is 54.6. The predicted molar refractivity (Wildman–Crippen MR) is 362 cm³/mol. The van der Waals surface area contributed by atoms with Gasteiger partial charge in [-0.1, -0.05) is 149 Å². The molecule has 2 heterocycles. The molecule has 12 nitrogen and oxygen atoms in total. The van der Waals surface area contributed by atoms with Crippen molar-refractivity contribution in [2.45, 2.75) is 134 Å². The molecule has 1 atom stereocenters. The van der Waals surface area contributed by atoms with Crippen molar-refractivity contribution in [2.24, 2.45) is 5.89 Å². The van der Waals surface area contributed by atoms with Crippen molar-refractivity contribution in [2.75, 3.05) is 52.2 Å². The lowest BCUT2D eigenvalue weighted by molar-refractivity contribution is -0.138. The molecule has 2 aliphatic rings. The van der Waals surface area contributed by atoms with Gasteiger partial charge in [0.1, 0.15) is 24.7 Å². The molecule has 0 N–H and O–H groups in total. The molecule has 508 valence electrons. The fraction of sp³-hybridized carbons (Fsp3) is 0.378. The van der Waals surface area contributed by atoms with E-state index in [1.807, 2.05) is 0 Å². The lowest BCUT2D eigenvalue weighted by Crippen LogP contribution is -2.40. The first-order chi connectivity index (χ1) is 53.4. The average Bonchev–Trinajstić information content (AvgIpc) is 1.52. The highest BCUT2D eigenvalue weighted by atomic mass is 32.2. The van der Waals surface area contributed by atoms with Crippen LogP contribution in [-0.4, -0.2) is 103 Å². The highest BCUT2D eigenvalue weighted by molar-refractivity contribution is 7.98. The Labute approximate surface area is 591 Å². The van der Waals surface area contributed by atoms with Gasteiger partial charge in [-0.3, -0.25) is 19.2 Å². The number of halogens is 8. The number of benzene rings is 6. The van der Waals surface area contributed by atoms with Crippen molar-refractivity contribution in [3.8, 4) is 22.3 Å². The number of nitrogens with zero attached hydrogens (tertiary/aromatic N) is 8. The minimum atomic E-state index is -5.25. The van der Waals surface area contributed by atoms with Crippen LogP contribution in [0.5, 0.6) is 0 Å². The Morgan fingerprint density at radius 2 is 1.03 bits per heavy atom. The molecule has 0 saturated carbocycles. The van der Waals surface area contributed by atoms with E-state index >= 15 is 0 Å². The third kappa shape index (κ3) is 19.0. The Morgan fingerprint density at radius 3 is 1.53 bits per heavy atom. The molecule has 10 rings (SSSR count). The standard InChI is InChI=1S/2C37H40F4N4O2S/c1-4-43(5-2)18-19-44(22-26-6-10-28(11-7-26)29-12-14-30(15-13-29)37(39,40)41)34(46)23-45-33-21-25(3)20-32(33)35(47)42-36(45)48-24-27-8-16-31(38)17-9-27;1-4-43(5-2)19-20-44(22-29-12-11-28(21-25(29)3)27-13-15-30(16-14-27)37(39,40)41)34(46)23-45-33-8-6-7-32(33)35(47)42-36(45)48-24-26-9-17-31(38)18-10-26/h6-17,25H,4-5,18-24H2,1-3H3;9-18,21H,4-8,19-20,22-24H2,1-3H3/i4D2,5D2,20D2,21D2,25D;4D2,5D2,11D,12D,13D,14D,15D,16D,21D. The second-order valence-corrected chi connectivity index (χ2v) is 23.9. The maximum Gasteiger partial charge on any atom is 0.416 e. The molecule has 6 aromatic carbocycles. The van der Waals surface area contributed by atoms with Gasteiger partial charge >= 0.3 is 12.4 Å². The second-order valence-electron chi connectivity index (χ2n) is 22.0. The molecule has 2 aromatic heterocycles. The van der Waals surface area contributed by atoms with Gasteiger partial charge < -0.3 is 28.7 Å². The van der Waals surface area contributed by atoms with E-state index in [0.29, 0.717) is 58.3 Å². The summed E-state index contributed by atoms with van der Waals surface area (Å²) >= 11 is 2.05. The lowest BCUT2D eigenvalue weighted by atomic mass is 9.98. The van der Waals surface area contributed by atoms with E-state index < -0.39 is 187 Å². The molecular weight excluding hydrogens is 1280 g/mol. The third-order valence-corrected chi connectivity index (χ3v) is 17.7. The Balaban J connectivity index is 0.000000265. The minimum absolute atomic E-state index is 0.0782. The van der Waals surface area contributed by atoms with E-state index in [2.05, 4.69) is 9.97 Å². The number of amides is 2. The first-order valence-corrected chi connectivity index (χ1v) is 32.1. The Kier molecular flexibility index (Phi) is 17.0. The molecule has 1 unspecified atom stereocenters. The van der Waals surface area contributed by atoms with Gasteiger partial charge in [0, 0.05) is 91.1 Å². The van der Waals surface area contributed by atoms with Crippen LogP contribution in [0.3, 0.4) is 0 Å². The van der Waals surface area contributed by atoms with Crippen molar-refractivity contribution < 1.29 is 72.1 Å². The summed E-state index contributed by atoms with van der Waals surface area (Å²) in [4.78, 5) is 68.1. The van der Waals surface area contributed by atoms with Crippen LogP contribution < -0.4 is 11.1 Å². The van der Waals surface area contributed by atoms with Gasteiger partial charge in [0.2, 0.25) is 11.8 Å². The summed E-state index contributed by atoms with van der Waals surface area (Å²) in [5.41, 5.74) is -3.18. The summed E-state index contributed by atoms with van der Waals surface area (Å²) in [5, 5.41) is 0.0100. The highest BCUT2D eigenvalue weighted by Gasteiger charge is 2.33. The molecular formula is C74H80F8N8O4S2. The SMILES string of the molecule is [2H]C([2H])(C)N(CCN(Cc1ccc(-c2ccc(C(F)(F)F)cc2)cc1)C(=O)Cn1c(SCc2ccc(F)cc2)nc(=O)c2c1C([2H])([2H])C([2H])(C)C2([2H])[2H])C([2H])([2H])C.[2H]c1c([2H])c(-c2c([2H])c([2H])c(C(F)(F)F)c([2H])c2[2H])c([2H])c(C)c1CN(CCN(C([2H])([2H])C)C([2H])([2H])C)C(=O)Cn1c(SCc2ccc(F)cc2)nc(=O)c2c1CCC2. The van der Waals surface area contributed by atoms with Crippen LogP contribution in [0.2, 0.25) is 0 Å². The normalized spacial score (nSPS) is 19.0. The van der Waals surface area contributed by atoms with Crippen molar-refractivity contribution >= 4 is 35.3 Å². The van der Waals surface area contributed by atoms with Crippen LogP contribution in [-0.2, 0) is 85.2 Å². The number of hydrogen-bond donors (Lipinski definition) is 0. The van der Waals surface area contributed by atoms with Crippen molar-refractivity contribution in [3.63, 3.8) is 0 Å². The molecule has 22 heteroatoms. The van der Waals surface area contributed by atoms with E-state index in [1.54, 1.807) is 41.0 Å². The number of carbonyl (C=O) groups excluding carboxylic acids is 2. The molecule has 0 aliphatic heterocycles. The summed E-state index contributed by atoms with van der Waals surface area (Å²) in [7, 11) is 0. The maximum absolute atomic E-state index is 14.5. The van der Waals surface area contributed by atoms with E-state index in [1.165, 1.54) is 65.3 Å². The number of rotatable bonds is 26. The van der Waals surface area contributed by atoms with E-state index in [-0.39, 0.29) is 65.7 Å². The summed E-state index contributed by atoms with van der Waals surface area (Å²) in [5.74, 6) is -4.54. The Hall–Kier alpha value is -7.92. The predicted octanol–water partition coefficient (Wildman–Crippen LogP) is 15.0.